The van der Waals surface area contributed by atoms with Crippen LogP contribution < -0.4 is 5.32 Å². The van der Waals surface area contributed by atoms with E-state index in [1.807, 2.05) is 6.07 Å². The van der Waals surface area contributed by atoms with Crippen LogP contribution in [0.4, 0.5) is 0 Å². The van der Waals surface area contributed by atoms with Crippen LogP contribution >= 0.6 is 0 Å². The molecule has 0 saturated heterocycles. The van der Waals surface area contributed by atoms with Crippen LogP contribution in [0.3, 0.4) is 0 Å². The first-order valence-electron chi connectivity index (χ1n) is 9.12. The molecular weight excluding hydrogens is 358 g/mol. The summed E-state index contributed by atoms with van der Waals surface area (Å²) < 4.78 is 6.31. The fourth-order valence-corrected chi connectivity index (χ4v) is 3.62. The number of nitrogens with zero attached hydrogens (tertiary/aromatic N) is 3. The van der Waals surface area contributed by atoms with Crippen LogP contribution in [-0.4, -0.2) is 39.0 Å². The van der Waals surface area contributed by atoms with E-state index in [0.29, 0.717) is 23.4 Å². The van der Waals surface area contributed by atoms with Gasteiger partial charge in [-0.3, -0.25) is 14.6 Å². The van der Waals surface area contributed by atoms with Crippen molar-refractivity contribution in [2.75, 3.05) is 7.11 Å². The van der Waals surface area contributed by atoms with E-state index in [-0.39, 0.29) is 5.91 Å². The Kier molecular flexibility index (Phi) is 4.68. The SMILES string of the molecule is COC(=O)c1c(-c2cccc(C(=O)NCc3n[nH]c4c3CCC4)c2)cnn1C. The van der Waals surface area contributed by atoms with Crippen molar-refractivity contribution in [3.05, 3.63) is 58.7 Å². The average Bonchev–Trinajstić information content (AvgIpc) is 3.42. The van der Waals surface area contributed by atoms with Gasteiger partial charge < -0.3 is 10.1 Å². The van der Waals surface area contributed by atoms with Crippen molar-refractivity contribution in [3.63, 3.8) is 0 Å². The molecular formula is C20H21N5O3. The molecule has 0 radical (unpaired) electrons. The minimum atomic E-state index is -0.475. The maximum Gasteiger partial charge on any atom is 0.356 e. The fourth-order valence-electron chi connectivity index (χ4n) is 3.62. The third-order valence-electron chi connectivity index (χ3n) is 5.06. The Labute approximate surface area is 161 Å². The van der Waals surface area contributed by atoms with E-state index >= 15 is 0 Å². The third kappa shape index (κ3) is 3.17. The predicted molar refractivity (Wildman–Crippen MR) is 102 cm³/mol. The molecule has 1 aromatic carbocycles. The molecule has 2 aromatic heterocycles. The Morgan fingerprint density at radius 1 is 1.32 bits per heavy atom. The first-order valence-corrected chi connectivity index (χ1v) is 9.12. The van der Waals surface area contributed by atoms with Crippen LogP contribution in [0, 0.1) is 0 Å². The number of carbonyl (C=O) groups excluding carboxylic acids is 2. The molecule has 28 heavy (non-hydrogen) atoms. The molecule has 2 N–H and O–H groups in total. The summed E-state index contributed by atoms with van der Waals surface area (Å²) in [5, 5.41) is 14.4. The molecule has 144 valence electrons. The van der Waals surface area contributed by atoms with Gasteiger partial charge in [-0.1, -0.05) is 12.1 Å². The van der Waals surface area contributed by atoms with E-state index < -0.39 is 5.97 Å². The number of hydrogen-bond donors (Lipinski definition) is 2. The molecule has 8 heteroatoms. The second-order valence-corrected chi connectivity index (χ2v) is 6.77. The van der Waals surface area contributed by atoms with Crippen molar-refractivity contribution >= 4 is 11.9 Å². The number of benzene rings is 1. The van der Waals surface area contributed by atoms with Gasteiger partial charge in [0.05, 0.1) is 25.5 Å². The van der Waals surface area contributed by atoms with Crippen molar-refractivity contribution in [3.8, 4) is 11.1 Å². The van der Waals surface area contributed by atoms with Gasteiger partial charge in [-0.2, -0.15) is 10.2 Å². The van der Waals surface area contributed by atoms with E-state index in [4.69, 9.17) is 4.74 Å². The van der Waals surface area contributed by atoms with Gasteiger partial charge in [0.2, 0.25) is 0 Å². The zero-order valence-corrected chi connectivity index (χ0v) is 15.8. The van der Waals surface area contributed by atoms with Gasteiger partial charge in [0, 0.05) is 23.9 Å². The molecule has 0 unspecified atom stereocenters. The molecule has 0 saturated carbocycles. The summed E-state index contributed by atoms with van der Waals surface area (Å²) in [6.07, 6.45) is 4.74. The number of carbonyl (C=O) groups is 2. The highest BCUT2D eigenvalue weighted by Gasteiger charge is 2.21. The number of methoxy groups -OCH3 is 1. The molecule has 0 bridgehead atoms. The third-order valence-corrected chi connectivity index (χ3v) is 5.06. The number of ether oxygens (including phenoxy) is 1. The first-order chi connectivity index (χ1) is 13.6. The normalized spacial score (nSPS) is 12.6. The molecule has 0 aliphatic heterocycles. The molecule has 3 aromatic rings. The first kappa shape index (κ1) is 18.0. The Morgan fingerprint density at radius 3 is 3.00 bits per heavy atom. The summed E-state index contributed by atoms with van der Waals surface area (Å²) in [4.78, 5) is 24.7. The highest BCUT2D eigenvalue weighted by molar-refractivity contribution is 5.98. The van der Waals surface area contributed by atoms with Crippen molar-refractivity contribution < 1.29 is 14.3 Å². The monoisotopic (exact) mass is 379 g/mol. The topological polar surface area (TPSA) is 102 Å². The molecule has 1 aliphatic rings. The molecule has 0 atom stereocenters. The van der Waals surface area contributed by atoms with Crippen molar-refractivity contribution in [1.82, 2.24) is 25.3 Å². The highest BCUT2D eigenvalue weighted by atomic mass is 16.5. The van der Waals surface area contributed by atoms with Gasteiger partial charge in [0.25, 0.3) is 5.91 Å². The summed E-state index contributed by atoms with van der Waals surface area (Å²) in [5.74, 6) is -0.669. The van der Waals surface area contributed by atoms with Crippen LogP contribution in [0.25, 0.3) is 11.1 Å². The van der Waals surface area contributed by atoms with Gasteiger partial charge in [-0.05, 0) is 42.5 Å². The Hall–Kier alpha value is -3.42. The molecule has 8 nitrogen and oxygen atoms in total. The lowest BCUT2D eigenvalue weighted by Crippen LogP contribution is -2.23. The largest absolute Gasteiger partial charge is 0.464 e. The second-order valence-electron chi connectivity index (χ2n) is 6.77. The molecule has 4 rings (SSSR count). The van der Waals surface area contributed by atoms with Crippen LogP contribution in [0.2, 0.25) is 0 Å². The average molecular weight is 379 g/mol. The number of hydrogen-bond acceptors (Lipinski definition) is 5. The summed E-state index contributed by atoms with van der Waals surface area (Å²) >= 11 is 0. The molecule has 2 heterocycles. The number of rotatable bonds is 5. The molecule has 1 aliphatic carbocycles. The van der Waals surface area contributed by atoms with Crippen molar-refractivity contribution in [2.45, 2.75) is 25.8 Å². The maximum absolute atomic E-state index is 12.6. The van der Waals surface area contributed by atoms with Crippen LogP contribution in [0.15, 0.2) is 30.5 Å². The number of fused-ring (bicyclic) bond motifs is 1. The summed E-state index contributed by atoms with van der Waals surface area (Å²) in [6.45, 7) is 0.384. The summed E-state index contributed by atoms with van der Waals surface area (Å²) in [7, 11) is 3.00. The number of amides is 1. The molecule has 1 amide bonds. The van der Waals surface area contributed by atoms with Crippen LogP contribution in [0.1, 0.15) is 44.2 Å². The number of H-pyrrole nitrogens is 1. The van der Waals surface area contributed by atoms with Crippen LogP contribution in [0.5, 0.6) is 0 Å². The Morgan fingerprint density at radius 2 is 2.18 bits per heavy atom. The molecule has 0 fully saturated rings. The van der Waals surface area contributed by atoms with E-state index in [9.17, 15) is 9.59 Å². The number of nitrogens with one attached hydrogen (secondary N) is 2. The summed E-state index contributed by atoms with van der Waals surface area (Å²) in [6, 6.07) is 7.10. The zero-order valence-electron chi connectivity index (χ0n) is 15.8. The van der Waals surface area contributed by atoms with Gasteiger partial charge in [0.1, 0.15) is 0 Å². The van der Waals surface area contributed by atoms with Gasteiger partial charge in [0.15, 0.2) is 5.69 Å². The quantitative estimate of drug-likeness (QED) is 0.661. The lowest BCUT2D eigenvalue weighted by molar-refractivity contribution is 0.0589. The van der Waals surface area contributed by atoms with Crippen molar-refractivity contribution in [1.29, 1.82) is 0 Å². The lowest BCUT2D eigenvalue weighted by Gasteiger charge is -2.08. The van der Waals surface area contributed by atoms with Crippen molar-refractivity contribution in [2.24, 2.45) is 7.05 Å². The van der Waals surface area contributed by atoms with Gasteiger partial charge in [-0.25, -0.2) is 4.79 Å². The Bertz CT molecular complexity index is 1050. The van der Waals surface area contributed by atoms with E-state index in [2.05, 4.69) is 20.6 Å². The van der Waals surface area contributed by atoms with E-state index in [1.165, 1.54) is 23.0 Å². The minimum Gasteiger partial charge on any atom is -0.464 e. The lowest BCUT2D eigenvalue weighted by atomic mass is 10.0. The number of aromatic nitrogens is 4. The van der Waals surface area contributed by atoms with Crippen LogP contribution in [-0.2, 0) is 31.2 Å². The summed E-state index contributed by atoms with van der Waals surface area (Å²) in [5.41, 5.74) is 5.50. The maximum atomic E-state index is 12.6. The van der Waals surface area contributed by atoms with E-state index in [0.717, 1.165) is 30.5 Å². The minimum absolute atomic E-state index is 0.194. The standard InChI is InChI=1S/C20H21N5O3/c1-25-18(20(27)28-2)15(10-22-25)12-5-3-6-13(9-12)19(26)21-11-17-14-7-4-8-16(14)23-24-17/h3,5-6,9-10H,4,7-8,11H2,1-2H3,(H,21,26)(H,23,24). The number of esters is 1. The second kappa shape index (κ2) is 7.30. The highest BCUT2D eigenvalue weighted by Crippen LogP contribution is 2.25. The zero-order chi connectivity index (χ0) is 19.7. The molecule has 0 spiro atoms. The fraction of sp³-hybridized carbons (Fsp3) is 0.300. The smallest absolute Gasteiger partial charge is 0.356 e. The predicted octanol–water partition coefficient (Wildman–Crippen LogP) is 2.02. The van der Waals surface area contributed by atoms with Gasteiger partial charge >= 0.3 is 5.97 Å². The van der Waals surface area contributed by atoms with Gasteiger partial charge in [-0.15, -0.1) is 0 Å². The number of aryl methyl sites for hydroxylation is 2. The van der Waals surface area contributed by atoms with E-state index in [1.54, 1.807) is 31.4 Å². The Balaban J connectivity index is 1.54. The number of aromatic amines is 1.